The summed E-state index contributed by atoms with van der Waals surface area (Å²) in [5, 5.41) is 28.2. The maximum atomic E-state index is 11.0. The van der Waals surface area contributed by atoms with E-state index in [0.29, 0.717) is 5.56 Å². The van der Waals surface area contributed by atoms with E-state index in [1.165, 1.54) is 13.0 Å². The molecule has 0 aliphatic carbocycles. The van der Waals surface area contributed by atoms with E-state index in [1.807, 2.05) is 20.8 Å². The SMILES string of the molecule is CC(=O)Oc1cc(C(C)(C)C)c(O)c(C#N)c1C#N. The number of ether oxygens (including phenoxy) is 1. The maximum Gasteiger partial charge on any atom is 0.308 e. The summed E-state index contributed by atoms with van der Waals surface area (Å²) in [7, 11) is 0. The standard InChI is InChI=1S/C14H14N2O3/c1-8(17)19-12-5-11(14(2,3)4)13(18)10(7-16)9(12)6-15/h5,18H,1-4H3. The summed E-state index contributed by atoms with van der Waals surface area (Å²) in [4.78, 5) is 11.0. The third-order valence-electron chi connectivity index (χ3n) is 2.55. The molecular weight excluding hydrogens is 244 g/mol. The van der Waals surface area contributed by atoms with Gasteiger partial charge in [0.25, 0.3) is 0 Å². The summed E-state index contributed by atoms with van der Waals surface area (Å²) in [6, 6.07) is 4.98. The van der Waals surface area contributed by atoms with Gasteiger partial charge in [0.05, 0.1) is 0 Å². The number of rotatable bonds is 1. The number of phenols is 1. The van der Waals surface area contributed by atoms with Gasteiger partial charge in [-0.25, -0.2) is 0 Å². The zero-order chi connectivity index (χ0) is 14.8. The van der Waals surface area contributed by atoms with Gasteiger partial charge in [0.15, 0.2) is 5.75 Å². The van der Waals surface area contributed by atoms with Gasteiger partial charge < -0.3 is 9.84 Å². The van der Waals surface area contributed by atoms with Gasteiger partial charge in [-0.3, -0.25) is 4.79 Å². The summed E-state index contributed by atoms with van der Waals surface area (Å²) in [6.07, 6.45) is 0. The zero-order valence-electron chi connectivity index (χ0n) is 11.2. The molecule has 19 heavy (non-hydrogen) atoms. The van der Waals surface area contributed by atoms with Gasteiger partial charge in [0, 0.05) is 12.5 Å². The van der Waals surface area contributed by atoms with E-state index in [0.717, 1.165) is 0 Å². The van der Waals surface area contributed by atoms with Crippen LogP contribution in [0.15, 0.2) is 6.07 Å². The van der Waals surface area contributed by atoms with Gasteiger partial charge in [-0.2, -0.15) is 10.5 Å². The van der Waals surface area contributed by atoms with Crippen LogP contribution in [0.2, 0.25) is 0 Å². The minimum Gasteiger partial charge on any atom is -0.506 e. The number of carbonyl (C=O) groups is 1. The monoisotopic (exact) mass is 258 g/mol. The fourth-order valence-electron chi connectivity index (χ4n) is 1.67. The molecule has 0 amide bonds. The Bertz CT molecular complexity index is 614. The Morgan fingerprint density at radius 1 is 1.26 bits per heavy atom. The first-order valence-corrected chi connectivity index (χ1v) is 5.61. The molecule has 0 radical (unpaired) electrons. The Kier molecular flexibility index (Phi) is 3.82. The van der Waals surface area contributed by atoms with Crippen LogP contribution in [0.3, 0.4) is 0 Å². The van der Waals surface area contributed by atoms with Crippen molar-refractivity contribution in [3.8, 4) is 23.6 Å². The van der Waals surface area contributed by atoms with Crippen molar-refractivity contribution in [2.75, 3.05) is 0 Å². The maximum absolute atomic E-state index is 11.0. The first-order chi connectivity index (χ1) is 8.72. The first-order valence-electron chi connectivity index (χ1n) is 5.61. The second-order valence-electron chi connectivity index (χ2n) is 5.09. The summed E-state index contributed by atoms with van der Waals surface area (Å²) in [5.41, 5.74) is -0.327. The highest BCUT2D eigenvalue weighted by Gasteiger charge is 2.26. The molecule has 0 unspecified atom stereocenters. The fraction of sp³-hybridized carbons (Fsp3) is 0.357. The van der Waals surface area contributed by atoms with E-state index in [9.17, 15) is 9.90 Å². The van der Waals surface area contributed by atoms with Crippen LogP contribution in [0, 0.1) is 22.7 Å². The van der Waals surface area contributed by atoms with Crippen LogP contribution in [0.4, 0.5) is 0 Å². The molecular formula is C14H14N2O3. The number of hydrogen-bond donors (Lipinski definition) is 1. The Balaban J connectivity index is 3.71. The van der Waals surface area contributed by atoms with Crippen molar-refractivity contribution in [1.29, 1.82) is 10.5 Å². The van der Waals surface area contributed by atoms with E-state index >= 15 is 0 Å². The number of carbonyl (C=O) groups excluding carboxylic acids is 1. The molecule has 0 aliphatic rings. The van der Waals surface area contributed by atoms with Crippen LogP contribution in [-0.2, 0) is 10.2 Å². The van der Waals surface area contributed by atoms with Gasteiger partial charge in [-0.05, 0) is 11.5 Å². The molecule has 0 bridgehead atoms. The highest BCUT2D eigenvalue weighted by molar-refractivity contribution is 5.73. The molecule has 0 fully saturated rings. The molecule has 5 nitrogen and oxygen atoms in total. The molecule has 0 saturated heterocycles. The van der Waals surface area contributed by atoms with Crippen molar-refractivity contribution in [3.63, 3.8) is 0 Å². The molecule has 1 aromatic rings. The highest BCUT2D eigenvalue weighted by Crippen LogP contribution is 2.39. The van der Waals surface area contributed by atoms with Crippen molar-refractivity contribution in [1.82, 2.24) is 0 Å². The normalized spacial score (nSPS) is 10.4. The highest BCUT2D eigenvalue weighted by atomic mass is 16.5. The third kappa shape index (κ3) is 2.83. The third-order valence-corrected chi connectivity index (χ3v) is 2.55. The summed E-state index contributed by atoms with van der Waals surface area (Å²) < 4.78 is 4.95. The number of phenolic OH excluding ortho intramolecular Hbond substituents is 1. The topological polar surface area (TPSA) is 94.1 Å². The molecule has 0 heterocycles. The Morgan fingerprint density at radius 2 is 1.79 bits per heavy atom. The molecule has 0 aromatic heterocycles. The zero-order valence-corrected chi connectivity index (χ0v) is 11.2. The Morgan fingerprint density at radius 3 is 2.16 bits per heavy atom. The molecule has 98 valence electrons. The van der Waals surface area contributed by atoms with E-state index in [4.69, 9.17) is 15.3 Å². The van der Waals surface area contributed by atoms with E-state index < -0.39 is 11.4 Å². The number of hydrogen-bond acceptors (Lipinski definition) is 5. The van der Waals surface area contributed by atoms with Crippen molar-refractivity contribution in [2.45, 2.75) is 33.1 Å². The lowest BCUT2D eigenvalue weighted by atomic mass is 9.84. The molecule has 5 heteroatoms. The summed E-state index contributed by atoms with van der Waals surface area (Å²) in [6.45, 7) is 6.73. The number of benzene rings is 1. The van der Waals surface area contributed by atoms with Gasteiger partial charge in [0.2, 0.25) is 0 Å². The van der Waals surface area contributed by atoms with Crippen LogP contribution in [0.5, 0.6) is 11.5 Å². The average Bonchev–Trinajstić information content (AvgIpc) is 2.28. The van der Waals surface area contributed by atoms with Crippen LogP contribution in [0.1, 0.15) is 44.4 Å². The van der Waals surface area contributed by atoms with Gasteiger partial charge in [-0.1, -0.05) is 20.8 Å². The predicted octanol–water partition coefficient (Wildman–Crippen LogP) is 2.36. The Labute approximate surface area is 111 Å². The van der Waals surface area contributed by atoms with Crippen LogP contribution < -0.4 is 4.74 Å². The number of esters is 1. The van der Waals surface area contributed by atoms with Gasteiger partial charge >= 0.3 is 5.97 Å². The van der Waals surface area contributed by atoms with Gasteiger partial charge in [0.1, 0.15) is 29.0 Å². The predicted molar refractivity (Wildman–Crippen MR) is 67.5 cm³/mol. The minimum atomic E-state index is -0.592. The number of nitriles is 2. The van der Waals surface area contributed by atoms with Crippen molar-refractivity contribution in [3.05, 3.63) is 22.8 Å². The fourth-order valence-corrected chi connectivity index (χ4v) is 1.67. The lowest BCUT2D eigenvalue weighted by molar-refractivity contribution is -0.131. The lowest BCUT2D eigenvalue weighted by Crippen LogP contribution is -2.14. The molecule has 1 N–H and O–H groups in total. The van der Waals surface area contributed by atoms with Crippen molar-refractivity contribution < 1.29 is 14.6 Å². The Hall–Kier alpha value is -2.53. The second-order valence-corrected chi connectivity index (χ2v) is 5.09. The number of aromatic hydroxyl groups is 1. The van der Waals surface area contributed by atoms with E-state index in [-0.39, 0.29) is 22.6 Å². The summed E-state index contributed by atoms with van der Waals surface area (Å²) in [5.74, 6) is -0.845. The van der Waals surface area contributed by atoms with E-state index in [2.05, 4.69) is 0 Å². The largest absolute Gasteiger partial charge is 0.506 e. The van der Waals surface area contributed by atoms with Gasteiger partial charge in [-0.15, -0.1) is 0 Å². The quantitative estimate of drug-likeness (QED) is 0.616. The van der Waals surface area contributed by atoms with E-state index in [1.54, 1.807) is 12.1 Å². The molecule has 1 rings (SSSR count). The lowest BCUT2D eigenvalue weighted by Gasteiger charge is -2.22. The van der Waals surface area contributed by atoms with Crippen LogP contribution in [0.25, 0.3) is 0 Å². The molecule has 0 spiro atoms. The minimum absolute atomic E-state index is 0.00530. The molecule has 0 aliphatic heterocycles. The molecule has 0 atom stereocenters. The van der Waals surface area contributed by atoms with Crippen molar-refractivity contribution in [2.24, 2.45) is 0 Å². The molecule has 0 saturated carbocycles. The summed E-state index contributed by atoms with van der Waals surface area (Å²) >= 11 is 0. The van der Waals surface area contributed by atoms with Crippen LogP contribution in [-0.4, -0.2) is 11.1 Å². The number of nitrogens with zero attached hydrogens (tertiary/aromatic N) is 2. The molecule has 1 aromatic carbocycles. The smallest absolute Gasteiger partial charge is 0.308 e. The van der Waals surface area contributed by atoms with Crippen LogP contribution >= 0.6 is 0 Å². The second kappa shape index (κ2) is 4.99. The van der Waals surface area contributed by atoms with Crippen molar-refractivity contribution >= 4 is 5.97 Å². The average molecular weight is 258 g/mol. The first kappa shape index (κ1) is 14.5.